The molecule has 2 fully saturated rings. The zero-order chi connectivity index (χ0) is 14.9. The van der Waals surface area contributed by atoms with Crippen molar-refractivity contribution in [3.63, 3.8) is 0 Å². The molecule has 3 aliphatic rings. The van der Waals surface area contributed by atoms with E-state index in [0.29, 0.717) is 25.7 Å². The van der Waals surface area contributed by atoms with E-state index >= 15 is 0 Å². The second-order valence-electron chi connectivity index (χ2n) is 6.41. The summed E-state index contributed by atoms with van der Waals surface area (Å²) in [5.74, 6) is 2.52. The first-order valence-electron chi connectivity index (χ1n) is 7.69. The Hall–Kier alpha value is -0.860. The molecule has 116 valence electrons. The van der Waals surface area contributed by atoms with Crippen molar-refractivity contribution in [2.75, 3.05) is 26.9 Å². The van der Waals surface area contributed by atoms with E-state index in [9.17, 15) is 0 Å². The van der Waals surface area contributed by atoms with E-state index in [1.807, 2.05) is 6.92 Å². The largest absolute Gasteiger partial charge is 0.370 e. The van der Waals surface area contributed by atoms with E-state index < -0.39 is 5.79 Å². The van der Waals surface area contributed by atoms with Crippen LogP contribution in [0.25, 0.3) is 0 Å². The van der Waals surface area contributed by atoms with Crippen LogP contribution in [-0.4, -0.2) is 44.4 Å². The molecule has 21 heavy (non-hydrogen) atoms. The molecule has 2 saturated heterocycles. The number of hydrogen-bond acceptors (Lipinski definition) is 4. The monoisotopic (exact) mass is 292 g/mol. The van der Waals surface area contributed by atoms with Crippen LogP contribution in [-0.2, 0) is 18.9 Å². The minimum atomic E-state index is -0.536. The predicted molar refractivity (Wildman–Crippen MR) is 78.7 cm³/mol. The summed E-state index contributed by atoms with van der Waals surface area (Å²) in [7, 11) is 1.70. The summed E-state index contributed by atoms with van der Waals surface area (Å²) in [6.07, 6.45) is 11.5. The van der Waals surface area contributed by atoms with Crippen molar-refractivity contribution in [3.8, 4) is 12.3 Å². The minimum absolute atomic E-state index is 0.114. The molecule has 3 rings (SSSR count). The Bertz CT molecular complexity index is 466. The number of terminal acetylenes is 1. The molecule has 0 amide bonds. The topological polar surface area (TPSA) is 36.9 Å². The lowest BCUT2D eigenvalue weighted by molar-refractivity contribution is -0.223. The third-order valence-electron chi connectivity index (χ3n) is 5.04. The molecule has 0 aromatic carbocycles. The molecule has 4 heteroatoms. The van der Waals surface area contributed by atoms with Crippen molar-refractivity contribution >= 4 is 0 Å². The second-order valence-corrected chi connectivity index (χ2v) is 6.41. The van der Waals surface area contributed by atoms with Gasteiger partial charge in [0, 0.05) is 20.1 Å². The van der Waals surface area contributed by atoms with Crippen LogP contribution in [0.1, 0.15) is 32.6 Å². The van der Waals surface area contributed by atoms with Gasteiger partial charge < -0.3 is 18.9 Å². The molecule has 4 nitrogen and oxygen atoms in total. The normalized spacial score (nSPS) is 41.3. The van der Waals surface area contributed by atoms with Gasteiger partial charge in [0.05, 0.1) is 12.7 Å². The molecule has 0 radical (unpaired) electrons. The average molecular weight is 292 g/mol. The Morgan fingerprint density at radius 3 is 3.10 bits per heavy atom. The van der Waals surface area contributed by atoms with E-state index in [1.165, 1.54) is 5.57 Å². The summed E-state index contributed by atoms with van der Waals surface area (Å²) in [6, 6.07) is 0. The van der Waals surface area contributed by atoms with Gasteiger partial charge in [-0.1, -0.05) is 12.0 Å². The highest BCUT2D eigenvalue weighted by Gasteiger charge is 2.61. The Morgan fingerprint density at radius 2 is 2.33 bits per heavy atom. The Balaban J connectivity index is 1.68. The van der Waals surface area contributed by atoms with E-state index in [4.69, 9.17) is 25.4 Å². The Morgan fingerprint density at radius 1 is 1.48 bits per heavy atom. The Kier molecular flexibility index (Phi) is 4.11. The maximum atomic E-state index is 6.38. The van der Waals surface area contributed by atoms with Gasteiger partial charge in [0.1, 0.15) is 12.2 Å². The number of methoxy groups -OCH3 is 1. The molecular weight excluding hydrogens is 268 g/mol. The summed E-state index contributed by atoms with van der Waals surface area (Å²) in [5, 5.41) is 0. The van der Waals surface area contributed by atoms with Crippen LogP contribution in [0.5, 0.6) is 0 Å². The van der Waals surface area contributed by atoms with Crippen LogP contribution in [0.4, 0.5) is 0 Å². The fourth-order valence-corrected chi connectivity index (χ4v) is 3.86. The van der Waals surface area contributed by atoms with Crippen molar-refractivity contribution in [1.29, 1.82) is 0 Å². The van der Waals surface area contributed by atoms with Crippen molar-refractivity contribution in [2.45, 2.75) is 50.1 Å². The SMILES string of the molecule is C#CCOCCC1CC=C2CO[C@H]3CC(C)(OC)OC23C1. The average Bonchev–Trinajstić information content (AvgIpc) is 2.94. The summed E-state index contributed by atoms with van der Waals surface area (Å²) in [5.41, 5.74) is 1.02. The van der Waals surface area contributed by atoms with E-state index in [2.05, 4.69) is 12.0 Å². The van der Waals surface area contributed by atoms with Gasteiger partial charge in [-0.15, -0.1) is 6.42 Å². The summed E-state index contributed by atoms with van der Waals surface area (Å²) >= 11 is 0. The molecule has 1 spiro atoms. The maximum Gasteiger partial charge on any atom is 0.169 e. The lowest BCUT2D eigenvalue weighted by atomic mass is 9.75. The molecule has 2 aliphatic heterocycles. The summed E-state index contributed by atoms with van der Waals surface area (Å²) in [4.78, 5) is 0. The summed E-state index contributed by atoms with van der Waals surface area (Å²) < 4.78 is 23.3. The van der Waals surface area contributed by atoms with E-state index in [1.54, 1.807) is 7.11 Å². The van der Waals surface area contributed by atoms with Gasteiger partial charge in [-0.2, -0.15) is 0 Å². The van der Waals surface area contributed by atoms with E-state index in [-0.39, 0.29) is 11.7 Å². The van der Waals surface area contributed by atoms with Gasteiger partial charge in [-0.25, -0.2) is 0 Å². The van der Waals surface area contributed by atoms with Crippen LogP contribution in [0.2, 0.25) is 0 Å². The van der Waals surface area contributed by atoms with Crippen LogP contribution < -0.4 is 0 Å². The van der Waals surface area contributed by atoms with E-state index in [0.717, 1.165) is 25.7 Å². The highest BCUT2D eigenvalue weighted by atomic mass is 16.7. The fourth-order valence-electron chi connectivity index (χ4n) is 3.86. The van der Waals surface area contributed by atoms with Gasteiger partial charge in [0.25, 0.3) is 0 Å². The first kappa shape index (κ1) is 15.1. The van der Waals surface area contributed by atoms with Crippen molar-refractivity contribution in [1.82, 2.24) is 0 Å². The first-order valence-corrected chi connectivity index (χ1v) is 7.69. The third-order valence-corrected chi connectivity index (χ3v) is 5.04. The maximum absolute atomic E-state index is 6.38. The molecule has 1 aliphatic carbocycles. The second kappa shape index (κ2) is 5.73. The van der Waals surface area contributed by atoms with Crippen molar-refractivity contribution in [3.05, 3.63) is 11.6 Å². The molecule has 0 aromatic rings. The van der Waals surface area contributed by atoms with Gasteiger partial charge >= 0.3 is 0 Å². The van der Waals surface area contributed by atoms with Crippen LogP contribution in [0.15, 0.2) is 11.6 Å². The first-order chi connectivity index (χ1) is 10.1. The fraction of sp³-hybridized carbons (Fsp3) is 0.765. The molecule has 0 aromatic heterocycles. The van der Waals surface area contributed by atoms with Crippen LogP contribution in [0.3, 0.4) is 0 Å². The van der Waals surface area contributed by atoms with Crippen LogP contribution in [0, 0.1) is 18.3 Å². The molecular formula is C17H24O4. The van der Waals surface area contributed by atoms with Gasteiger partial charge in [-0.05, 0) is 37.7 Å². The number of allylic oxidation sites excluding steroid dienone is 1. The molecule has 0 saturated carbocycles. The lowest BCUT2D eigenvalue weighted by Crippen LogP contribution is -2.42. The molecule has 0 N–H and O–H groups in total. The van der Waals surface area contributed by atoms with Gasteiger partial charge in [0.2, 0.25) is 0 Å². The number of ether oxygens (including phenoxy) is 4. The Labute approximate surface area is 126 Å². The van der Waals surface area contributed by atoms with Crippen molar-refractivity contribution in [2.24, 2.45) is 5.92 Å². The standard InChI is InChI=1S/C17H24O4/c1-4-8-19-9-7-13-5-6-14-12-20-15-11-16(2,18-3)21-17(14,15)10-13/h1,6,13,15H,5,7-12H2,2-3H3/t13?,15-,16?,17?/m0/s1. The number of hydrogen-bond donors (Lipinski definition) is 0. The molecule has 0 bridgehead atoms. The predicted octanol–water partition coefficient (Wildman–Crippen LogP) is 2.28. The lowest BCUT2D eigenvalue weighted by Gasteiger charge is -2.37. The third kappa shape index (κ3) is 2.64. The highest BCUT2D eigenvalue weighted by Crippen LogP contribution is 2.53. The van der Waals surface area contributed by atoms with Crippen LogP contribution >= 0.6 is 0 Å². The highest BCUT2D eigenvalue weighted by molar-refractivity contribution is 5.30. The molecule has 2 heterocycles. The van der Waals surface area contributed by atoms with Gasteiger partial charge in [0.15, 0.2) is 5.79 Å². The van der Waals surface area contributed by atoms with Gasteiger partial charge in [-0.3, -0.25) is 0 Å². The minimum Gasteiger partial charge on any atom is -0.370 e. The summed E-state index contributed by atoms with van der Waals surface area (Å²) in [6.45, 7) is 3.80. The molecule has 3 unspecified atom stereocenters. The van der Waals surface area contributed by atoms with Crippen molar-refractivity contribution < 1.29 is 18.9 Å². The zero-order valence-electron chi connectivity index (χ0n) is 12.9. The molecule has 4 atom stereocenters. The number of rotatable bonds is 5. The quantitative estimate of drug-likeness (QED) is 0.442. The smallest absolute Gasteiger partial charge is 0.169 e. The zero-order valence-corrected chi connectivity index (χ0v) is 12.9.